The van der Waals surface area contributed by atoms with Gasteiger partial charge >= 0.3 is 6.09 Å². The molecule has 5 nitrogen and oxygen atoms in total. The second kappa shape index (κ2) is 6.10. The molecule has 0 radical (unpaired) electrons. The first kappa shape index (κ1) is 15.3. The lowest BCUT2D eigenvalue weighted by Gasteiger charge is -2.19. The molecule has 2 N–H and O–H groups in total. The zero-order valence-corrected chi connectivity index (χ0v) is 13.5. The second-order valence-electron chi connectivity index (χ2n) is 5.94. The summed E-state index contributed by atoms with van der Waals surface area (Å²) in [6, 6.07) is 4.39. The van der Waals surface area contributed by atoms with E-state index in [1.165, 1.54) is 0 Å². The van der Waals surface area contributed by atoms with Crippen molar-refractivity contribution in [3.8, 4) is 0 Å². The molecule has 0 bridgehead atoms. The number of carbonyl (C=O) groups is 1. The van der Waals surface area contributed by atoms with Crippen LogP contribution in [0, 0.1) is 0 Å². The average molecular weight is 342 g/mol. The fourth-order valence-corrected chi connectivity index (χ4v) is 2.02. The summed E-state index contributed by atoms with van der Waals surface area (Å²) in [5.74, 6) is 0. The molecule has 1 aliphatic carbocycles. The number of aromatic nitrogens is 1. The van der Waals surface area contributed by atoms with Crippen molar-refractivity contribution in [2.24, 2.45) is 0 Å². The fraction of sp³-hybridized carbons (Fsp3) is 0.571. The van der Waals surface area contributed by atoms with E-state index >= 15 is 0 Å². The average Bonchev–Trinajstić information content (AvgIpc) is 3.04. The Hall–Kier alpha value is -1.14. The van der Waals surface area contributed by atoms with Crippen molar-refractivity contribution >= 4 is 22.0 Å². The fourth-order valence-electron chi connectivity index (χ4n) is 1.79. The predicted molar refractivity (Wildman–Crippen MR) is 80.3 cm³/mol. The third kappa shape index (κ3) is 5.09. The summed E-state index contributed by atoms with van der Waals surface area (Å²) in [7, 11) is 0. The minimum atomic E-state index is -0.455. The van der Waals surface area contributed by atoms with Crippen molar-refractivity contribution in [1.29, 1.82) is 0 Å². The summed E-state index contributed by atoms with van der Waals surface area (Å²) >= 11 is 3.35. The van der Waals surface area contributed by atoms with Crippen molar-refractivity contribution in [2.75, 3.05) is 0 Å². The molecule has 0 aromatic carbocycles. The van der Waals surface area contributed by atoms with Crippen LogP contribution in [0.25, 0.3) is 0 Å². The standard InChI is InChI=1S/C14H20BrN3O2/c1-14(2,3)20-13(19)18-12-6-11(12)17-8-10-5-4-9(15)7-16-10/h4-5,7,11-12,17H,6,8H2,1-3H3,(H,18,19). The number of nitrogens with zero attached hydrogens (tertiary/aromatic N) is 1. The van der Waals surface area contributed by atoms with Gasteiger partial charge in [0.25, 0.3) is 0 Å². The lowest BCUT2D eigenvalue weighted by Crippen LogP contribution is -2.36. The first-order valence-electron chi connectivity index (χ1n) is 6.67. The lowest BCUT2D eigenvalue weighted by atomic mass is 10.2. The van der Waals surface area contributed by atoms with Gasteiger partial charge in [0.05, 0.1) is 5.69 Å². The first-order chi connectivity index (χ1) is 9.33. The number of rotatable bonds is 4. The molecule has 2 rings (SSSR count). The zero-order valence-electron chi connectivity index (χ0n) is 11.9. The van der Waals surface area contributed by atoms with Gasteiger partial charge in [-0.1, -0.05) is 0 Å². The minimum absolute atomic E-state index is 0.153. The van der Waals surface area contributed by atoms with Gasteiger partial charge in [0.2, 0.25) is 0 Å². The molecule has 1 aromatic heterocycles. The van der Waals surface area contributed by atoms with E-state index in [1.54, 1.807) is 6.20 Å². The van der Waals surface area contributed by atoms with Gasteiger partial charge in [-0.15, -0.1) is 0 Å². The van der Waals surface area contributed by atoms with Crippen LogP contribution in [-0.2, 0) is 11.3 Å². The van der Waals surface area contributed by atoms with Crippen molar-refractivity contribution < 1.29 is 9.53 Å². The van der Waals surface area contributed by atoms with E-state index in [0.717, 1.165) is 16.6 Å². The maximum absolute atomic E-state index is 11.6. The minimum Gasteiger partial charge on any atom is -0.444 e. The number of amides is 1. The number of ether oxygens (including phenoxy) is 1. The Morgan fingerprint density at radius 2 is 2.20 bits per heavy atom. The van der Waals surface area contributed by atoms with E-state index in [4.69, 9.17) is 4.74 Å². The van der Waals surface area contributed by atoms with Crippen LogP contribution < -0.4 is 10.6 Å². The maximum Gasteiger partial charge on any atom is 0.407 e. The molecule has 1 aromatic rings. The SMILES string of the molecule is CC(C)(C)OC(=O)NC1CC1NCc1ccc(Br)cn1. The summed E-state index contributed by atoms with van der Waals surface area (Å²) < 4.78 is 6.19. The van der Waals surface area contributed by atoms with Gasteiger partial charge in [-0.25, -0.2) is 4.79 Å². The van der Waals surface area contributed by atoms with Gasteiger partial charge in [-0.2, -0.15) is 0 Å². The monoisotopic (exact) mass is 341 g/mol. The smallest absolute Gasteiger partial charge is 0.407 e. The van der Waals surface area contributed by atoms with Crippen LogP contribution >= 0.6 is 15.9 Å². The molecule has 1 aliphatic rings. The first-order valence-corrected chi connectivity index (χ1v) is 7.46. The molecule has 1 saturated carbocycles. The molecule has 1 fully saturated rings. The van der Waals surface area contributed by atoms with Crippen LogP contribution in [0.2, 0.25) is 0 Å². The second-order valence-corrected chi connectivity index (χ2v) is 6.86. The highest BCUT2D eigenvalue weighted by atomic mass is 79.9. The van der Waals surface area contributed by atoms with Crippen molar-refractivity contribution in [3.63, 3.8) is 0 Å². The summed E-state index contributed by atoms with van der Waals surface area (Å²) in [6.45, 7) is 6.27. The van der Waals surface area contributed by atoms with Crippen LogP contribution in [0.5, 0.6) is 0 Å². The number of pyridine rings is 1. The lowest BCUT2D eigenvalue weighted by molar-refractivity contribution is 0.0522. The van der Waals surface area contributed by atoms with Gasteiger partial charge in [-0.3, -0.25) is 4.98 Å². The maximum atomic E-state index is 11.6. The van der Waals surface area contributed by atoms with Crippen LogP contribution in [-0.4, -0.2) is 28.8 Å². The van der Waals surface area contributed by atoms with Crippen LogP contribution in [0.3, 0.4) is 0 Å². The molecular formula is C14H20BrN3O2. The van der Waals surface area contributed by atoms with E-state index in [2.05, 4.69) is 31.5 Å². The van der Waals surface area contributed by atoms with E-state index in [1.807, 2.05) is 32.9 Å². The molecule has 20 heavy (non-hydrogen) atoms. The van der Waals surface area contributed by atoms with Crippen molar-refractivity contribution in [3.05, 3.63) is 28.5 Å². The third-order valence-corrected chi connectivity index (χ3v) is 3.30. The highest BCUT2D eigenvalue weighted by Gasteiger charge is 2.38. The highest BCUT2D eigenvalue weighted by Crippen LogP contribution is 2.22. The Morgan fingerprint density at radius 1 is 1.45 bits per heavy atom. The number of halogens is 1. The number of alkyl carbamates (subject to hydrolysis) is 1. The zero-order chi connectivity index (χ0) is 14.8. The Bertz CT molecular complexity index is 470. The van der Waals surface area contributed by atoms with E-state index in [-0.39, 0.29) is 12.1 Å². The Morgan fingerprint density at radius 3 is 2.80 bits per heavy atom. The van der Waals surface area contributed by atoms with Crippen LogP contribution in [0.15, 0.2) is 22.8 Å². The third-order valence-electron chi connectivity index (χ3n) is 2.83. The number of carbonyl (C=O) groups excluding carboxylic acids is 1. The van der Waals surface area contributed by atoms with Gasteiger partial charge < -0.3 is 15.4 Å². The largest absolute Gasteiger partial charge is 0.444 e. The predicted octanol–water partition coefficient (Wildman–Crippen LogP) is 2.60. The van der Waals surface area contributed by atoms with E-state index < -0.39 is 5.60 Å². The number of hydrogen-bond donors (Lipinski definition) is 2. The van der Waals surface area contributed by atoms with E-state index in [9.17, 15) is 4.79 Å². The van der Waals surface area contributed by atoms with Crippen LogP contribution in [0.4, 0.5) is 4.79 Å². The van der Waals surface area contributed by atoms with Gasteiger partial charge in [0, 0.05) is 29.3 Å². The molecule has 110 valence electrons. The summed E-state index contributed by atoms with van der Waals surface area (Å²) in [5.41, 5.74) is 0.527. The molecule has 0 aliphatic heterocycles. The quantitative estimate of drug-likeness (QED) is 0.883. The summed E-state index contributed by atoms with van der Waals surface area (Å²) in [6.07, 6.45) is 2.35. The van der Waals surface area contributed by atoms with Crippen LogP contribution in [0.1, 0.15) is 32.9 Å². The summed E-state index contributed by atoms with van der Waals surface area (Å²) in [5, 5.41) is 6.22. The molecular weight excluding hydrogens is 322 g/mol. The highest BCUT2D eigenvalue weighted by molar-refractivity contribution is 9.10. The summed E-state index contributed by atoms with van der Waals surface area (Å²) in [4.78, 5) is 15.9. The van der Waals surface area contributed by atoms with Crippen molar-refractivity contribution in [2.45, 2.75) is 51.4 Å². The molecule has 0 spiro atoms. The van der Waals surface area contributed by atoms with Crippen molar-refractivity contribution in [1.82, 2.24) is 15.6 Å². The number of hydrogen-bond acceptors (Lipinski definition) is 4. The molecule has 6 heteroatoms. The van der Waals surface area contributed by atoms with Gasteiger partial charge in [0.1, 0.15) is 5.60 Å². The Balaban J connectivity index is 1.68. The Kier molecular flexibility index (Phi) is 4.65. The normalized spacial score (nSPS) is 21.4. The topological polar surface area (TPSA) is 63.2 Å². The van der Waals surface area contributed by atoms with Gasteiger partial charge in [0.15, 0.2) is 0 Å². The molecule has 2 unspecified atom stereocenters. The molecule has 2 atom stereocenters. The van der Waals surface area contributed by atoms with E-state index in [0.29, 0.717) is 12.6 Å². The van der Waals surface area contributed by atoms with Gasteiger partial charge in [-0.05, 0) is 55.3 Å². The molecule has 0 saturated heterocycles. The molecule has 1 amide bonds. The number of nitrogens with one attached hydrogen (secondary N) is 2. The molecule has 1 heterocycles. The Labute approximate surface area is 127 Å².